The van der Waals surface area contributed by atoms with Crippen molar-refractivity contribution < 1.29 is 23.9 Å². The summed E-state index contributed by atoms with van der Waals surface area (Å²) in [5.74, 6) is 1.92. The number of aromatic nitrogens is 6. The van der Waals surface area contributed by atoms with E-state index in [1.165, 1.54) is 51.0 Å². The Balaban J connectivity index is 0.977. The fraction of sp³-hybridized carbons (Fsp3) is 0.531. The Morgan fingerprint density at radius 1 is 0.785 bits per heavy atom. The third-order valence-electron chi connectivity index (χ3n) is 14.6. The second kappa shape index (κ2) is 18.1. The van der Waals surface area contributed by atoms with Crippen LogP contribution < -0.4 is 16.2 Å². The van der Waals surface area contributed by atoms with Crippen LogP contribution in [0.2, 0.25) is 0 Å². The lowest BCUT2D eigenvalue weighted by molar-refractivity contribution is -0.135. The molecule has 4 unspecified atom stereocenters. The van der Waals surface area contributed by atoms with Gasteiger partial charge in [-0.1, -0.05) is 58.7 Å². The molecule has 2 saturated heterocycles. The first kappa shape index (κ1) is 44.2. The number of carbonyl (C=O) groups excluding carboxylic acids is 3. The fourth-order valence-electron chi connectivity index (χ4n) is 11.0. The highest BCUT2D eigenvalue weighted by atomic mass is 16.5. The van der Waals surface area contributed by atoms with Gasteiger partial charge in [-0.25, -0.2) is 24.5 Å². The summed E-state index contributed by atoms with van der Waals surface area (Å²) in [5, 5.41) is 6.26. The number of H-pyrrole nitrogens is 3. The summed E-state index contributed by atoms with van der Waals surface area (Å²) >= 11 is 0. The van der Waals surface area contributed by atoms with Crippen molar-refractivity contribution in [3.8, 4) is 33.9 Å². The van der Waals surface area contributed by atoms with Crippen LogP contribution in [-0.2, 0) is 27.1 Å². The summed E-state index contributed by atoms with van der Waals surface area (Å²) in [6.45, 7) is 10.0. The average molecular weight is 887 g/mol. The van der Waals surface area contributed by atoms with Gasteiger partial charge in [0.1, 0.15) is 23.4 Å². The normalized spacial score (nSPS) is 20.2. The molecule has 65 heavy (non-hydrogen) atoms. The maximum Gasteiger partial charge on any atom is 0.407 e. The van der Waals surface area contributed by atoms with Gasteiger partial charge in [-0.15, -0.1) is 0 Å². The van der Waals surface area contributed by atoms with Crippen molar-refractivity contribution in [3.63, 3.8) is 0 Å². The Kier molecular flexibility index (Phi) is 12.3. The number of fused-ring (bicyclic) bond motifs is 2. The molecule has 16 heteroatoms. The number of rotatable bonds is 12. The van der Waals surface area contributed by atoms with Crippen LogP contribution >= 0.6 is 0 Å². The molecule has 5 aromatic rings. The summed E-state index contributed by atoms with van der Waals surface area (Å²) in [7, 11) is 2.67. The van der Waals surface area contributed by atoms with E-state index in [0.717, 1.165) is 73.1 Å². The van der Waals surface area contributed by atoms with Gasteiger partial charge in [0.2, 0.25) is 5.91 Å². The van der Waals surface area contributed by atoms with Crippen molar-refractivity contribution in [3.05, 3.63) is 75.9 Å². The Labute approximate surface area is 379 Å². The van der Waals surface area contributed by atoms with E-state index in [1.54, 1.807) is 6.20 Å². The molecule has 1 saturated carbocycles. The molecular formula is C49H62N10O6. The van der Waals surface area contributed by atoms with E-state index in [0.29, 0.717) is 41.5 Å². The Morgan fingerprint density at radius 3 is 2.22 bits per heavy atom. The Bertz CT molecular complexity index is 2640. The van der Waals surface area contributed by atoms with Gasteiger partial charge in [0.05, 0.1) is 55.3 Å². The third kappa shape index (κ3) is 8.64. The number of ether oxygens (including phenoxy) is 2. The van der Waals surface area contributed by atoms with Gasteiger partial charge < -0.3 is 40.0 Å². The van der Waals surface area contributed by atoms with Crippen molar-refractivity contribution in [1.82, 2.24) is 50.3 Å². The molecule has 0 bridgehead atoms. The van der Waals surface area contributed by atoms with Gasteiger partial charge in [0, 0.05) is 24.7 Å². The second-order valence-corrected chi connectivity index (χ2v) is 19.4. The number of aromatic amines is 3. The van der Waals surface area contributed by atoms with Crippen LogP contribution in [0, 0.1) is 17.3 Å². The highest BCUT2D eigenvalue weighted by Gasteiger charge is 2.42. The van der Waals surface area contributed by atoms with Crippen molar-refractivity contribution in [1.29, 1.82) is 0 Å². The molecule has 2 aromatic carbocycles. The number of benzene rings is 2. The molecule has 4 aliphatic rings. The van der Waals surface area contributed by atoms with Crippen LogP contribution in [0.4, 0.5) is 9.59 Å². The zero-order chi connectivity index (χ0) is 45.6. The van der Waals surface area contributed by atoms with Gasteiger partial charge in [-0.05, 0) is 110 Å². The van der Waals surface area contributed by atoms with Crippen LogP contribution in [0.25, 0.3) is 44.8 Å². The first-order chi connectivity index (χ1) is 31.3. The van der Waals surface area contributed by atoms with E-state index in [-0.39, 0.29) is 46.8 Å². The number of methoxy groups -OCH3 is 2. The second-order valence-electron chi connectivity index (χ2n) is 19.4. The molecule has 9 rings (SSSR count). The van der Waals surface area contributed by atoms with E-state index >= 15 is 0 Å². The number of likely N-dealkylation sites (tertiary alicyclic amines) is 2. The lowest BCUT2D eigenvalue weighted by Crippen LogP contribution is -2.51. The molecule has 3 amide bonds. The molecule has 5 heterocycles. The van der Waals surface area contributed by atoms with Crippen LogP contribution in [0.15, 0.2) is 47.5 Å². The molecule has 5 N–H and O–H groups in total. The van der Waals surface area contributed by atoms with Gasteiger partial charge in [0.15, 0.2) is 5.82 Å². The van der Waals surface area contributed by atoms with E-state index in [1.807, 2.05) is 37.1 Å². The fourth-order valence-corrected chi connectivity index (χ4v) is 11.0. The lowest BCUT2D eigenvalue weighted by Gasteiger charge is -2.30. The molecule has 1 spiro atoms. The first-order valence-electron chi connectivity index (χ1n) is 23.4. The van der Waals surface area contributed by atoms with Gasteiger partial charge in [-0.2, -0.15) is 0 Å². The van der Waals surface area contributed by atoms with Crippen molar-refractivity contribution >= 4 is 29.0 Å². The quantitative estimate of drug-likeness (QED) is 0.0831. The van der Waals surface area contributed by atoms with Crippen molar-refractivity contribution in [2.24, 2.45) is 17.3 Å². The maximum atomic E-state index is 13.9. The molecule has 16 nitrogen and oxygen atoms in total. The molecule has 3 fully saturated rings. The first-order valence-corrected chi connectivity index (χ1v) is 23.4. The minimum absolute atomic E-state index is 0.0571. The van der Waals surface area contributed by atoms with E-state index in [9.17, 15) is 19.2 Å². The van der Waals surface area contributed by atoms with E-state index in [4.69, 9.17) is 24.4 Å². The standard InChI is InChI=1S/C49H62N10O6/c1-27(2)38(55-47(62)64-5)26-58-19-9-11-39(58)44-52-35-16-13-29(21-32(35)45(60)57-44)30-14-15-31(34-23-49(22-33(30)34)17-7-8-18-49)36-24-50-42(53-36)37-25-51-43(54-37)40-12-10-20-59(40)46(61)41(28(3)4)56-48(63)65-6/h13-16,21,24-25,27-28,38-41H,7-12,17-20,22-23,26H2,1-6H3,(H,50,53)(H,51,54)(H,55,62)(H,56,63)(H,52,57,60). The molecular weight excluding hydrogens is 825 g/mol. The smallest absolute Gasteiger partial charge is 0.407 e. The summed E-state index contributed by atoms with van der Waals surface area (Å²) in [6, 6.07) is 9.36. The number of carbonyl (C=O) groups is 3. The molecule has 2 aliphatic heterocycles. The largest absolute Gasteiger partial charge is 0.453 e. The summed E-state index contributed by atoms with van der Waals surface area (Å²) in [6.07, 6.45) is 12.9. The van der Waals surface area contributed by atoms with Crippen LogP contribution in [0.1, 0.15) is 114 Å². The number of alkyl carbamates (subject to hydrolysis) is 2. The Morgan fingerprint density at radius 2 is 1.48 bits per heavy atom. The van der Waals surface area contributed by atoms with Crippen molar-refractivity contribution in [2.75, 3.05) is 33.9 Å². The van der Waals surface area contributed by atoms with Crippen molar-refractivity contribution in [2.45, 2.75) is 116 Å². The summed E-state index contributed by atoms with van der Waals surface area (Å²) in [5.41, 5.74) is 8.33. The SMILES string of the molecule is COC(=O)NC(CN1CCCC1c1nc2ccc(-c3ccc(-c4cnc(-c5cnc(C6CCCN6C(=O)C(NC(=O)OC)C(C)C)[nH]5)[nH]4)c4c3CC3(CCCC3)C4)cc2c(=O)[nH]1)C(C)C. The van der Waals surface area contributed by atoms with Gasteiger partial charge in [-0.3, -0.25) is 14.5 Å². The van der Waals surface area contributed by atoms with Gasteiger partial charge >= 0.3 is 12.2 Å². The molecule has 2 aliphatic carbocycles. The number of hydrogen-bond donors (Lipinski definition) is 5. The highest BCUT2D eigenvalue weighted by molar-refractivity contribution is 5.87. The number of nitrogens with one attached hydrogen (secondary N) is 5. The minimum atomic E-state index is -0.710. The minimum Gasteiger partial charge on any atom is -0.453 e. The molecule has 3 aromatic heterocycles. The number of nitrogens with zero attached hydrogens (tertiary/aromatic N) is 5. The monoisotopic (exact) mass is 886 g/mol. The number of imidazole rings is 2. The van der Waals surface area contributed by atoms with Crippen LogP contribution in [0.3, 0.4) is 0 Å². The lowest BCUT2D eigenvalue weighted by atomic mass is 9.82. The predicted molar refractivity (Wildman–Crippen MR) is 247 cm³/mol. The van der Waals surface area contributed by atoms with E-state index in [2.05, 4.69) is 62.5 Å². The highest BCUT2D eigenvalue weighted by Crippen LogP contribution is 2.53. The van der Waals surface area contributed by atoms with Crippen LogP contribution in [0.5, 0.6) is 0 Å². The average Bonchev–Trinajstić information content (AvgIpc) is 4.16. The number of hydrogen-bond acceptors (Lipinski definition) is 10. The number of amides is 3. The summed E-state index contributed by atoms with van der Waals surface area (Å²) in [4.78, 5) is 80.8. The zero-order valence-corrected chi connectivity index (χ0v) is 38.4. The van der Waals surface area contributed by atoms with Crippen LogP contribution in [-0.4, -0.2) is 104 Å². The Hall–Kier alpha value is -6.03. The predicted octanol–water partition coefficient (Wildman–Crippen LogP) is 7.59. The third-order valence-corrected chi connectivity index (χ3v) is 14.6. The zero-order valence-electron chi connectivity index (χ0n) is 38.4. The molecule has 344 valence electrons. The van der Waals surface area contributed by atoms with Gasteiger partial charge in [0.25, 0.3) is 5.56 Å². The topological polar surface area (TPSA) is 203 Å². The molecule has 4 atom stereocenters. The maximum absolute atomic E-state index is 13.9. The van der Waals surface area contributed by atoms with E-state index < -0.39 is 18.2 Å². The summed E-state index contributed by atoms with van der Waals surface area (Å²) < 4.78 is 9.69. The molecule has 0 radical (unpaired) electrons.